The second-order valence-electron chi connectivity index (χ2n) is 6.03. The highest BCUT2D eigenvalue weighted by Gasteiger charge is 2.14. The summed E-state index contributed by atoms with van der Waals surface area (Å²) < 4.78 is 5.85. The van der Waals surface area contributed by atoms with Gasteiger partial charge in [-0.3, -0.25) is 9.59 Å². The van der Waals surface area contributed by atoms with Crippen molar-refractivity contribution in [3.05, 3.63) is 84.2 Å². The van der Waals surface area contributed by atoms with Crippen LogP contribution in [0.2, 0.25) is 0 Å². The van der Waals surface area contributed by atoms with Gasteiger partial charge in [-0.2, -0.15) is 0 Å². The van der Waals surface area contributed by atoms with Gasteiger partial charge in [0.05, 0.1) is 5.69 Å². The molecule has 2 amide bonds. The van der Waals surface area contributed by atoms with E-state index >= 15 is 0 Å². The van der Waals surface area contributed by atoms with E-state index in [0.29, 0.717) is 23.7 Å². The second-order valence-corrected chi connectivity index (χ2v) is 6.03. The standard InChI is InChI=1S/C22H21N3O3/c1-2-15-23-21(26)18-12-8-13-19(24-18)22(27)25-17-11-6-7-14-20(17)28-16-9-4-3-5-10-16/h3-14H,2,15H2,1H3,(H,23,26)(H,25,27). The molecule has 0 atom stereocenters. The van der Waals surface area contributed by atoms with Crippen LogP contribution in [0.5, 0.6) is 11.5 Å². The molecule has 6 nitrogen and oxygen atoms in total. The third-order valence-electron chi connectivity index (χ3n) is 3.86. The van der Waals surface area contributed by atoms with E-state index in [-0.39, 0.29) is 17.3 Å². The van der Waals surface area contributed by atoms with Gasteiger partial charge in [0.15, 0.2) is 5.75 Å². The van der Waals surface area contributed by atoms with Gasteiger partial charge in [-0.05, 0) is 42.8 Å². The molecule has 6 heteroatoms. The lowest BCUT2D eigenvalue weighted by molar-refractivity contribution is 0.0948. The molecule has 0 saturated heterocycles. The van der Waals surface area contributed by atoms with Crippen molar-refractivity contribution in [1.29, 1.82) is 0 Å². The van der Waals surface area contributed by atoms with Gasteiger partial charge in [0.2, 0.25) is 0 Å². The number of ether oxygens (including phenoxy) is 1. The number of benzene rings is 2. The zero-order valence-electron chi connectivity index (χ0n) is 15.5. The molecule has 0 fully saturated rings. The molecule has 0 aliphatic heterocycles. The van der Waals surface area contributed by atoms with Crippen molar-refractivity contribution < 1.29 is 14.3 Å². The molecule has 3 aromatic rings. The molecule has 0 bridgehead atoms. The molecule has 1 heterocycles. The summed E-state index contributed by atoms with van der Waals surface area (Å²) in [6.07, 6.45) is 0.824. The number of rotatable bonds is 7. The summed E-state index contributed by atoms with van der Waals surface area (Å²) in [5.74, 6) is 0.453. The number of para-hydroxylation sites is 3. The molecule has 2 aromatic carbocycles. The highest BCUT2D eigenvalue weighted by atomic mass is 16.5. The first kappa shape index (κ1) is 19.1. The number of aromatic nitrogens is 1. The Morgan fingerprint density at radius 3 is 2.29 bits per heavy atom. The zero-order chi connectivity index (χ0) is 19.8. The molecule has 0 spiro atoms. The van der Waals surface area contributed by atoms with Crippen LogP contribution in [0.1, 0.15) is 34.3 Å². The van der Waals surface area contributed by atoms with Crippen molar-refractivity contribution in [2.24, 2.45) is 0 Å². The maximum absolute atomic E-state index is 12.6. The van der Waals surface area contributed by atoms with E-state index in [9.17, 15) is 9.59 Å². The zero-order valence-corrected chi connectivity index (χ0v) is 15.5. The van der Waals surface area contributed by atoms with Crippen LogP contribution in [0.3, 0.4) is 0 Å². The first-order valence-electron chi connectivity index (χ1n) is 9.06. The fourth-order valence-electron chi connectivity index (χ4n) is 2.48. The summed E-state index contributed by atoms with van der Waals surface area (Å²) in [6, 6.07) is 21.2. The summed E-state index contributed by atoms with van der Waals surface area (Å²) in [5, 5.41) is 5.55. The van der Waals surface area contributed by atoms with E-state index in [0.717, 1.165) is 6.42 Å². The van der Waals surface area contributed by atoms with E-state index < -0.39 is 5.91 Å². The van der Waals surface area contributed by atoms with Crippen LogP contribution in [0.25, 0.3) is 0 Å². The van der Waals surface area contributed by atoms with Crippen molar-refractivity contribution in [2.45, 2.75) is 13.3 Å². The summed E-state index contributed by atoms with van der Waals surface area (Å²) >= 11 is 0. The molecule has 0 unspecified atom stereocenters. The Morgan fingerprint density at radius 2 is 1.54 bits per heavy atom. The Kier molecular flexibility index (Phi) is 6.36. The quantitative estimate of drug-likeness (QED) is 0.646. The molecule has 2 N–H and O–H groups in total. The topological polar surface area (TPSA) is 80.3 Å². The number of amides is 2. The Labute approximate surface area is 163 Å². The van der Waals surface area contributed by atoms with Gasteiger partial charge in [0.25, 0.3) is 11.8 Å². The van der Waals surface area contributed by atoms with Crippen molar-refractivity contribution in [2.75, 3.05) is 11.9 Å². The number of carbonyl (C=O) groups excluding carboxylic acids is 2. The van der Waals surface area contributed by atoms with Crippen molar-refractivity contribution in [3.8, 4) is 11.5 Å². The Bertz CT molecular complexity index is 958. The van der Waals surface area contributed by atoms with E-state index in [1.807, 2.05) is 43.3 Å². The number of hydrogen-bond acceptors (Lipinski definition) is 4. The SMILES string of the molecule is CCCNC(=O)c1cccc(C(=O)Nc2ccccc2Oc2ccccc2)n1. The number of nitrogens with one attached hydrogen (secondary N) is 2. The first-order valence-corrected chi connectivity index (χ1v) is 9.06. The van der Waals surface area contributed by atoms with Gasteiger partial charge < -0.3 is 15.4 Å². The maximum Gasteiger partial charge on any atom is 0.274 e. The maximum atomic E-state index is 12.6. The Balaban J connectivity index is 1.76. The lowest BCUT2D eigenvalue weighted by Crippen LogP contribution is -2.26. The molecule has 1 aromatic heterocycles. The van der Waals surface area contributed by atoms with Crippen molar-refractivity contribution in [1.82, 2.24) is 10.3 Å². The molecular weight excluding hydrogens is 354 g/mol. The van der Waals surface area contributed by atoms with Gasteiger partial charge in [0, 0.05) is 6.54 Å². The largest absolute Gasteiger partial charge is 0.455 e. The summed E-state index contributed by atoms with van der Waals surface area (Å²) in [5.41, 5.74) is 0.868. The number of pyridine rings is 1. The molecule has 3 rings (SSSR count). The van der Waals surface area contributed by atoms with Crippen molar-refractivity contribution >= 4 is 17.5 Å². The third-order valence-corrected chi connectivity index (χ3v) is 3.86. The van der Waals surface area contributed by atoms with Gasteiger partial charge >= 0.3 is 0 Å². The molecule has 28 heavy (non-hydrogen) atoms. The highest BCUT2D eigenvalue weighted by molar-refractivity contribution is 6.04. The fraction of sp³-hybridized carbons (Fsp3) is 0.136. The van der Waals surface area contributed by atoms with E-state index in [2.05, 4.69) is 15.6 Å². The normalized spacial score (nSPS) is 10.2. The van der Waals surface area contributed by atoms with Crippen LogP contribution >= 0.6 is 0 Å². The number of carbonyl (C=O) groups is 2. The van der Waals surface area contributed by atoms with E-state index in [1.54, 1.807) is 36.4 Å². The third kappa shape index (κ3) is 4.94. The average molecular weight is 375 g/mol. The molecule has 0 saturated carbocycles. The summed E-state index contributed by atoms with van der Waals surface area (Å²) in [7, 11) is 0. The predicted molar refractivity (Wildman–Crippen MR) is 108 cm³/mol. The minimum Gasteiger partial charge on any atom is -0.455 e. The van der Waals surface area contributed by atoms with Crippen molar-refractivity contribution in [3.63, 3.8) is 0 Å². The first-order chi connectivity index (χ1) is 13.7. The molecular formula is C22H21N3O3. The minimum absolute atomic E-state index is 0.152. The molecule has 0 aliphatic rings. The van der Waals surface area contributed by atoms with Crippen LogP contribution in [0.4, 0.5) is 5.69 Å². The van der Waals surface area contributed by atoms with Gasteiger partial charge in [-0.1, -0.05) is 43.3 Å². The van der Waals surface area contributed by atoms with Crippen LogP contribution in [0.15, 0.2) is 72.8 Å². The minimum atomic E-state index is -0.422. The van der Waals surface area contributed by atoms with Crippen LogP contribution in [-0.2, 0) is 0 Å². The molecule has 0 aliphatic carbocycles. The summed E-state index contributed by atoms with van der Waals surface area (Å²) in [4.78, 5) is 28.9. The Hall–Kier alpha value is -3.67. The number of hydrogen-bond donors (Lipinski definition) is 2. The lowest BCUT2D eigenvalue weighted by Gasteiger charge is -2.12. The number of nitrogens with zero attached hydrogens (tertiary/aromatic N) is 1. The average Bonchev–Trinajstić information content (AvgIpc) is 2.74. The smallest absolute Gasteiger partial charge is 0.274 e. The van der Waals surface area contributed by atoms with Crippen LogP contribution < -0.4 is 15.4 Å². The highest BCUT2D eigenvalue weighted by Crippen LogP contribution is 2.29. The fourth-order valence-corrected chi connectivity index (χ4v) is 2.48. The lowest BCUT2D eigenvalue weighted by atomic mass is 10.2. The second kappa shape index (κ2) is 9.32. The van der Waals surface area contributed by atoms with Gasteiger partial charge in [-0.15, -0.1) is 0 Å². The van der Waals surface area contributed by atoms with Crippen LogP contribution in [0, 0.1) is 0 Å². The predicted octanol–water partition coefficient (Wildman–Crippen LogP) is 4.27. The molecule has 142 valence electrons. The van der Waals surface area contributed by atoms with E-state index in [1.165, 1.54) is 0 Å². The summed E-state index contributed by atoms with van der Waals surface area (Å²) in [6.45, 7) is 2.52. The Morgan fingerprint density at radius 1 is 0.857 bits per heavy atom. The van der Waals surface area contributed by atoms with Gasteiger partial charge in [-0.25, -0.2) is 4.98 Å². The van der Waals surface area contributed by atoms with Crippen LogP contribution in [-0.4, -0.2) is 23.3 Å². The monoisotopic (exact) mass is 375 g/mol. The number of anilines is 1. The van der Waals surface area contributed by atoms with E-state index in [4.69, 9.17) is 4.74 Å². The molecule has 0 radical (unpaired) electrons. The van der Waals surface area contributed by atoms with Gasteiger partial charge in [0.1, 0.15) is 17.1 Å².